The lowest BCUT2D eigenvalue weighted by molar-refractivity contribution is -0.245. The molecule has 3 aromatic rings. The van der Waals surface area contributed by atoms with Gasteiger partial charge in [0.15, 0.2) is 12.2 Å². The summed E-state index contributed by atoms with van der Waals surface area (Å²) in [6.45, 7) is -0.373. The highest BCUT2D eigenvalue weighted by Crippen LogP contribution is 2.32. The third-order valence-electron chi connectivity index (χ3n) is 5.65. The molecule has 0 aromatic heterocycles. The van der Waals surface area contributed by atoms with Gasteiger partial charge in [-0.1, -0.05) is 89.4 Å². The zero-order valence-electron chi connectivity index (χ0n) is 20.6. The lowest BCUT2D eigenvalue weighted by Crippen LogP contribution is -2.59. The molecule has 1 aliphatic heterocycles. The van der Waals surface area contributed by atoms with Crippen molar-refractivity contribution in [3.63, 3.8) is 0 Å². The van der Waals surface area contributed by atoms with E-state index in [0.29, 0.717) is 0 Å². The van der Waals surface area contributed by atoms with Crippen molar-refractivity contribution < 1.29 is 38.1 Å². The highest BCUT2D eigenvalue weighted by Gasteiger charge is 2.50. The van der Waals surface area contributed by atoms with Gasteiger partial charge in [0.2, 0.25) is 18.3 Å². The molecule has 40 heavy (non-hydrogen) atoms. The molecule has 3 aromatic carbocycles. The number of hydrogen-bond donors (Lipinski definition) is 1. The van der Waals surface area contributed by atoms with Crippen LogP contribution in [0.2, 0.25) is 0 Å². The monoisotopic (exact) mass is 605 g/mol. The van der Waals surface area contributed by atoms with Gasteiger partial charge in [-0.3, -0.25) is 5.41 Å². The largest absolute Gasteiger partial charge is 0.452 e. The molecule has 1 fully saturated rings. The molecule has 4 rings (SSSR count). The number of carbonyl (C=O) groups excluding carboxylic acids is 3. The van der Waals surface area contributed by atoms with Crippen molar-refractivity contribution in [1.82, 2.24) is 0 Å². The van der Waals surface area contributed by atoms with E-state index in [0.717, 1.165) is 0 Å². The van der Waals surface area contributed by atoms with E-state index in [1.54, 1.807) is 54.6 Å². The molecule has 0 aliphatic carbocycles. The van der Waals surface area contributed by atoms with E-state index in [2.05, 4.69) is 0 Å². The van der Waals surface area contributed by atoms with Gasteiger partial charge in [0.1, 0.15) is 0 Å². The van der Waals surface area contributed by atoms with Crippen molar-refractivity contribution in [2.75, 3.05) is 6.61 Å². The van der Waals surface area contributed by atoms with Crippen LogP contribution in [0.3, 0.4) is 0 Å². The lowest BCUT2D eigenvalue weighted by atomic mass is 10.0. The van der Waals surface area contributed by atoms with Crippen molar-refractivity contribution in [2.24, 2.45) is 0 Å². The van der Waals surface area contributed by atoms with Crippen LogP contribution in [0.4, 0.5) is 0 Å². The number of halogens is 3. The Bertz CT molecular complexity index is 1340. The van der Waals surface area contributed by atoms with Crippen molar-refractivity contribution >= 4 is 58.6 Å². The third-order valence-corrected chi connectivity index (χ3v) is 6.16. The van der Waals surface area contributed by atoms with Gasteiger partial charge in [-0.25, -0.2) is 14.4 Å². The van der Waals surface area contributed by atoms with E-state index in [4.69, 9.17) is 63.9 Å². The number of carbonyl (C=O) groups is 3. The van der Waals surface area contributed by atoms with Crippen LogP contribution in [-0.4, -0.2) is 58.8 Å². The third kappa shape index (κ3) is 7.51. The molecule has 12 heteroatoms. The molecule has 2 unspecified atom stereocenters. The van der Waals surface area contributed by atoms with Gasteiger partial charge in [-0.05, 0) is 36.4 Å². The van der Waals surface area contributed by atoms with Gasteiger partial charge in [0.25, 0.3) is 3.79 Å². The lowest BCUT2D eigenvalue weighted by Gasteiger charge is -2.40. The molecule has 0 saturated carbocycles. The highest BCUT2D eigenvalue weighted by molar-refractivity contribution is 6.76. The summed E-state index contributed by atoms with van der Waals surface area (Å²) < 4.78 is 25.9. The number of benzene rings is 3. The van der Waals surface area contributed by atoms with Gasteiger partial charge in [-0.2, -0.15) is 0 Å². The van der Waals surface area contributed by atoms with Crippen LogP contribution in [0.25, 0.3) is 0 Å². The van der Waals surface area contributed by atoms with Crippen molar-refractivity contribution in [1.29, 1.82) is 5.41 Å². The van der Waals surface area contributed by atoms with Gasteiger partial charge >= 0.3 is 17.9 Å². The Balaban J connectivity index is 1.68. The van der Waals surface area contributed by atoms with E-state index in [-0.39, 0.29) is 23.3 Å². The Kier molecular flexibility index (Phi) is 9.65. The maximum Gasteiger partial charge on any atom is 0.338 e. The standard InChI is InChI=1S/C28H22Cl3NO8/c29-28(30,31)27(32)40-26-22(39-25(35)19-14-8-3-9-15-19)21(38-24(34)18-12-6-2-7-13-18)20(16-36-26)37-23(33)17-10-4-1-5-11-17/h1-15,20-22,26,32H,16H2/t20-,21?,22?,26-/m0/s1. The minimum absolute atomic E-state index is 0.161. The number of hydrogen-bond acceptors (Lipinski definition) is 9. The van der Waals surface area contributed by atoms with Crippen LogP contribution in [-0.2, 0) is 23.7 Å². The normalized spacial score (nSPS) is 20.6. The summed E-state index contributed by atoms with van der Waals surface area (Å²) in [5.74, 6) is -3.21. The number of rotatable bonds is 7. The average Bonchev–Trinajstić information content (AvgIpc) is 2.96. The van der Waals surface area contributed by atoms with Crippen LogP contribution in [0.5, 0.6) is 0 Å². The predicted molar refractivity (Wildman–Crippen MR) is 146 cm³/mol. The molecular weight excluding hydrogens is 585 g/mol. The molecule has 1 N–H and O–H groups in total. The van der Waals surface area contributed by atoms with Crippen molar-refractivity contribution in [3.8, 4) is 0 Å². The van der Waals surface area contributed by atoms with Crippen LogP contribution >= 0.6 is 34.8 Å². The second kappa shape index (κ2) is 13.1. The molecule has 1 aliphatic rings. The van der Waals surface area contributed by atoms with Crippen molar-refractivity contribution in [3.05, 3.63) is 108 Å². The van der Waals surface area contributed by atoms with Crippen LogP contribution in [0, 0.1) is 5.41 Å². The Labute approximate surface area is 244 Å². The van der Waals surface area contributed by atoms with E-state index in [1.807, 2.05) is 0 Å². The van der Waals surface area contributed by atoms with E-state index in [9.17, 15) is 14.4 Å². The fourth-order valence-corrected chi connectivity index (χ4v) is 3.84. The Hall–Kier alpha value is -3.63. The SMILES string of the molecule is N=C(O[C@@H]1OC[C@H](OC(=O)c2ccccc2)C(OC(=O)c2ccccc2)C1OC(=O)c1ccccc1)C(Cl)(Cl)Cl. The minimum atomic E-state index is -2.27. The first kappa shape index (κ1) is 29.4. The number of nitrogens with one attached hydrogen (secondary N) is 1. The van der Waals surface area contributed by atoms with Gasteiger partial charge < -0.3 is 23.7 Å². The molecule has 208 valence electrons. The second-order valence-electron chi connectivity index (χ2n) is 8.43. The van der Waals surface area contributed by atoms with Gasteiger partial charge in [0, 0.05) is 0 Å². The average molecular weight is 607 g/mol. The maximum absolute atomic E-state index is 13.1. The molecule has 9 nitrogen and oxygen atoms in total. The summed E-state index contributed by atoms with van der Waals surface area (Å²) >= 11 is 17.3. The molecule has 4 atom stereocenters. The fraction of sp³-hybridized carbons (Fsp3) is 0.214. The van der Waals surface area contributed by atoms with Crippen molar-refractivity contribution in [2.45, 2.75) is 28.4 Å². The molecule has 0 radical (unpaired) electrons. The zero-order valence-corrected chi connectivity index (χ0v) is 22.8. The summed E-state index contributed by atoms with van der Waals surface area (Å²) in [6.07, 6.45) is -5.84. The van der Waals surface area contributed by atoms with E-state index >= 15 is 0 Å². The molecule has 0 amide bonds. The molecule has 0 bridgehead atoms. The first-order valence-corrected chi connectivity index (χ1v) is 13.0. The topological polar surface area (TPSA) is 121 Å². The van der Waals surface area contributed by atoms with Gasteiger partial charge in [0.05, 0.1) is 23.3 Å². The quantitative estimate of drug-likeness (QED) is 0.125. The van der Waals surface area contributed by atoms with Crippen LogP contribution < -0.4 is 0 Å². The van der Waals surface area contributed by atoms with Crippen LogP contribution in [0.1, 0.15) is 31.1 Å². The Morgan fingerprint density at radius 2 is 1.05 bits per heavy atom. The molecule has 1 saturated heterocycles. The van der Waals surface area contributed by atoms with E-state index < -0.39 is 52.2 Å². The van der Waals surface area contributed by atoms with E-state index in [1.165, 1.54) is 36.4 Å². The fourth-order valence-electron chi connectivity index (χ4n) is 3.71. The molecule has 0 spiro atoms. The van der Waals surface area contributed by atoms with Crippen LogP contribution in [0.15, 0.2) is 91.0 Å². The number of ether oxygens (including phenoxy) is 5. The molecular formula is C28H22Cl3NO8. The summed E-state index contributed by atoms with van der Waals surface area (Å²) in [4.78, 5) is 39.1. The highest BCUT2D eigenvalue weighted by atomic mass is 35.6. The minimum Gasteiger partial charge on any atom is -0.452 e. The summed E-state index contributed by atoms with van der Waals surface area (Å²) in [5.41, 5.74) is 0.570. The molecule has 1 heterocycles. The summed E-state index contributed by atoms with van der Waals surface area (Å²) in [5, 5.41) is 8.00. The summed E-state index contributed by atoms with van der Waals surface area (Å²) in [6, 6.07) is 24.1. The maximum atomic E-state index is 13.1. The Morgan fingerprint density at radius 3 is 1.48 bits per heavy atom. The van der Waals surface area contributed by atoms with Gasteiger partial charge in [-0.15, -0.1) is 0 Å². The first-order valence-electron chi connectivity index (χ1n) is 11.9. The number of esters is 3. The second-order valence-corrected chi connectivity index (χ2v) is 10.7. The predicted octanol–water partition coefficient (Wildman–Crippen LogP) is 5.38. The summed E-state index contributed by atoms with van der Waals surface area (Å²) in [7, 11) is 0. The zero-order chi connectivity index (χ0) is 28.7. The smallest absolute Gasteiger partial charge is 0.338 e. The number of alkyl halides is 3. The Morgan fingerprint density at radius 1 is 0.650 bits per heavy atom. The first-order chi connectivity index (χ1) is 19.1.